The van der Waals surface area contributed by atoms with E-state index in [0.717, 1.165) is 61.1 Å². The van der Waals surface area contributed by atoms with Gasteiger partial charge in [0.15, 0.2) is 5.58 Å². The number of amidine groups is 1. The van der Waals surface area contributed by atoms with Gasteiger partial charge >= 0.3 is 0 Å². The highest BCUT2D eigenvalue weighted by atomic mass is 16.3. The van der Waals surface area contributed by atoms with E-state index in [0.29, 0.717) is 5.89 Å². The second-order valence-corrected chi connectivity index (χ2v) is 10.8. The molecule has 43 heavy (non-hydrogen) atoms. The first-order valence-electron chi connectivity index (χ1n) is 14.5. The minimum Gasteiger partial charge on any atom is -0.435 e. The summed E-state index contributed by atoms with van der Waals surface area (Å²) in [5.41, 5.74) is 8.19. The number of nitrogens with one attached hydrogen (secondary N) is 2. The Bertz CT molecular complexity index is 2090. The van der Waals surface area contributed by atoms with Crippen LogP contribution in [0.2, 0.25) is 0 Å². The van der Waals surface area contributed by atoms with Gasteiger partial charge in [0.05, 0.1) is 0 Å². The second-order valence-electron chi connectivity index (χ2n) is 10.8. The van der Waals surface area contributed by atoms with Crippen LogP contribution in [0.4, 0.5) is 0 Å². The van der Waals surface area contributed by atoms with Crippen LogP contribution in [-0.4, -0.2) is 10.8 Å². The van der Waals surface area contributed by atoms with Crippen LogP contribution >= 0.6 is 0 Å². The quantitative estimate of drug-likeness (QED) is 0.223. The zero-order valence-electron chi connectivity index (χ0n) is 23.3. The largest absolute Gasteiger partial charge is 0.435 e. The maximum atomic E-state index is 6.34. The van der Waals surface area contributed by atoms with Crippen molar-refractivity contribution in [2.75, 3.05) is 0 Å². The summed E-state index contributed by atoms with van der Waals surface area (Å²) < 4.78 is 6.34. The van der Waals surface area contributed by atoms with Gasteiger partial charge in [-0.05, 0) is 58.0 Å². The zero-order chi connectivity index (χ0) is 28.6. The lowest BCUT2D eigenvalue weighted by atomic mass is 9.98. The molecule has 6 aromatic carbocycles. The molecule has 0 aliphatic carbocycles. The summed E-state index contributed by atoms with van der Waals surface area (Å²) >= 11 is 0. The Morgan fingerprint density at radius 2 is 1.21 bits per heavy atom. The highest BCUT2D eigenvalue weighted by molar-refractivity contribution is 6.05. The third kappa shape index (κ3) is 4.86. The van der Waals surface area contributed by atoms with Crippen LogP contribution in [0.5, 0.6) is 0 Å². The molecule has 2 N–H and O–H groups in total. The van der Waals surface area contributed by atoms with Crippen molar-refractivity contribution in [1.82, 2.24) is 15.6 Å². The monoisotopic (exact) mass is 556 g/mol. The molecule has 2 atom stereocenters. The lowest BCUT2D eigenvalue weighted by Gasteiger charge is -2.32. The average Bonchev–Trinajstić information content (AvgIpc) is 3.54. The molecule has 0 fully saturated rings. The fourth-order valence-electron chi connectivity index (χ4n) is 5.77. The smallest absolute Gasteiger partial charge is 0.227 e. The molecule has 8 rings (SSSR count). The number of aliphatic imine (C=N–C) groups is 1. The van der Waals surface area contributed by atoms with Gasteiger partial charge in [-0.1, -0.05) is 115 Å². The van der Waals surface area contributed by atoms with E-state index in [-0.39, 0.29) is 12.3 Å². The predicted octanol–water partition coefficient (Wildman–Crippen LogP) is 8.65. The van der Waals surface area contributed by atoms with E-state index in [9.17, 15) is 0 Å². The molecule has 0 radical (unpaired) electrons. The number of nitrogens with zero attached hydrogens (tertiary/aromatic N) is 2. The van der Waals surface area contributed by atoms with Crippen molar-refractivity contribution in [1.29, 1.82) is 0 Å². The Kier molecular flexibility index (Phi) is 6.28. The first kappa shape index (κ1) is 25.2. The van der Waals surface area contributed by atoms with Crippen LogP contribution in [-0.2, 0) is 0 Å². The third-order valence-corrected chi connectivity index (χ3v) is 7.97. The van der Waals surface area contributed by atoms with Gasteiger partial charge < -0.3 is 9.73 Å². The van der Waals surface area contributed by atoms with Crippen LogP contribution in [0.15, 0.2) is 155 Å². The summed E-state index contributed by atoms with van der Waals surface area (Å²) in [5, 5.41) is 9.53. The first-order chi connectivity index (χ1) is 21.3. The Morgan fingerprint density at radius 3 is 2.00 bits per heavy atom. The van der Waals surface area contributed by atoms with Gasteiger partial charge in [0.2, 0.25) is 5.89 Å². The van der Waals surface area contributed by atoms with Gasteiger partial charge in [0.1, 0.15) is 23.7 Å². The van der Waals surface area contributed by atoms with Crippen molar-refractivity contribution < 1.29 is 4.42 Å². The van der Waals surface area contributed by atoms with Crippen molar-refractivity contribution in [3.05, 3.63) is 162 Å². The van der Waals surface area contributed by atoms with Crippen LogP contribution in [0.1, 0.15) is 29.0 Å². The van der Waals surface area contributed by atoms with E-state index in [1.807, 2.05) is 60.7 Å². The Balaban J connectivity index is 1.17. The summed E-state index contributed by atoms with van der Waals surface area (Å²) in [7, 11) is 0. The number of oxazole rings is 1. The van der Waals surface area contributed by atoms with Crippen LogP contribution in [0.3, 0.4) is 0 Å². The van der Waals surface area contributed by atoms with E-state index in [1.165, 1.54) is 0 Å². The summed E-state index contributed by atoms with van der Waals surface area (Å²) in [5.74, 6) is 1.50. The van der Waals surface area contributed by atoms with Crippen molar-refractivity contribution in [2.45, 2.75) is 12.3 Å². The molecule has 0 spiro atoms. The molecular formula is C38H28N4O. The molecule has 5 nitrogen and oxygen atoms in total. The Morgan fingerprint density at radius 1 is 0.558 bits per heavy atom. The molecule has 0 saturated carbocycles. The first-order valence-corrected chi connectivity index (χ1v) is 14.5. The molecule has 1 aliphatic rings. The molecule has 1 aromatic heterocycles. The summed E-state index contributed by atoms with van der Waals surface area (Å²) in [4.78, 5) is 9.82. The normalized spacial score (nSPS) is 16.6. The van der Waals surface area contributed by atoms with Crippen LogP contribution in [0, 0.1) is 0 Å². The van der Waals surface area contributed by atoms with Crippen molar-refractivity contribution in [3.63, 3.8) is 0 Å². The molecule has 7 aromatic rings. The van der Waals surface area contributed by atoms with E-state index in [2.05, 4.69) is 95.6 Å². The lowest BCUT2D eigenvalue weighted by molar-refractivity contribution is 0.409. The maximum absolute atomic E-state index is 6.34. The van der Waals surface area contributed by atoms with E-state index >= 15 is 0 Å². The van der Waals surface area contributed by atoms with Gasteiger partial charge in [-0.25, -0.2) is 9.98 Å². The molecule has 0 amide bonds. The Hall–Kier alpha value is -5.52. The minimum atomic E-state index is -0.175. The fraction of sp³-hybridized carbons (Fsp3) is 0.0526. The topological polar surface area (TPSA) is 62.5 Å². The third-order valence-electron chi connectivity index (χ3n) is 7.97. The molecule has 0 bridgehead atoms. The van der Waals surface area contributed by atoms with Gasteiger partial charge in [-0.2, -0.15) is 0 Å². The number of hydrogen-bond acceptors (Lipinski definition) is 5. The summed E-state index contributed by atoms with van der Waals surface area (Å²) in [6.07, 6.45) is -0.307. The van der Waals surface area contributed by atoms with E-state index < -0.39 is 0 Å². The van der Waals surface area contributed by atoms with Gasteiger partial charge in [0.25, 0.3) is 0 Å². The molecule has 0 saturated heterocycles. The molecule has 1 aliphatic heterocycles. The van der Waals surface area contributed by atoms with E-state index in [4.69, 9.17) is 14.4 Å². The minimum absolute atomic E-state index is 0.132. The summed E-state index contributed by atoms with van der Waals surface area (Å²) in [6.45, 7) is 0. The van der Waals surface area contributed by atoms with Gasteiger partial charge in [-0.15, -0.1) is 0 Å². The van der Waals surface area contributed by atoms with E-state index in [1.54, 1.807) is 0 Å². The fourth-order valence-corrected chi connectivity index (χ4v) is 5.77. The van der Waals surface area contributed by atoms with Crippen molar-refractivity contribution >= 4 is 27.7 Å². The second kappa shape index (κ2) is 10.7. The predicted molar refractivity (Wildman–Crippen MR) is 174 cm³/mol. The average molecular weight is 557 g/mol. The van der Waals surface area contributed by atoms with Crippen LogP contribution in [0.25, 0.3) is 44.5 Å². The van der Waals surface area contributed by atoms with Crippen LogP contribution < -0.4 is 10.6 Å². The highest BCUT2D eigenvalue weighted by Gasteiger charge is 2.25. The van der Waals surface area contributed by atoms with Gasteiger partial charge in [-0.3, -0.25) is 5.32 Å². The van der Waals surface area contributed by atoms with Crippen molar-refractivity contribution in [2.24, 2.45) is 4.99 Å². The standard InChI is InChI=1S/C38H28N4O/c1-4-11-26(12-5-1)35-40-36(27-13-6-2-7-14-27)42-37(41-35)31-18-10-17-29(23-31)30-20-19-25-21-22-33-34(32(25)24-30)43-38(39-33)28-15-8-3-9-16-28/h1-24,35,37,41H,(H,40,42). The van der Waals surface area contributed by atoms with Crippen molar-refractivity contribution in [3.8, 4) is 22.6 Å². The highest BCUT2D eigenvalue weighted by Crippen LogP contribution is 2.34. The summed E-state index contributed by atoms with van der Waals surface area (Å²) in [6, 6.07) is 50.1. The Labute approximate surface area is 249 Å². The lowest BCUT2D eigenvalue weighted by Crippen LogP contribution is -2.44. The zero-order valence-corrected chi connectivity index (χ0v) is 23.3. The molecule has 206 valence electrons. The maximum Gasteiger partial charge on any atom is 0.227 e. The number of rotatable bonds is 5. The molecule has 2 unspecified atom stereocenters. The number of aromatic nitrogens is 1. The van der Waals surface area contributed by atoms with Gasteiger partial charge in [0, 0.05) is 16.5 Å². The number of hydrogen-bond donors (Lipinski definition) is 2. The molecule has 2 heterocycles. The SMILES string of the molecule is c1ccc(C2=NC(c3ccccc3)NC(c3cccc(-c4ccc5ccc6nc(-c7ccccc7)oc6c5c4)c3)N2)cc1. The molecular weight excluding hydrogens is 528 g/mol. The molecule has 5 heteroatoms. The number of benzene rings is 6. The number of fused-ring (bicyclic) bond motifs is 3.